The molecule has 664 valence electrons. The topological polar surface area (TPSA) is 0 Å². The molecular weight excluding hydrogens is 1610 g/mol. The average molecular weight is 1740 g/mol. The van der Waals surface area contributed by atoms with Crippen LogP contribution in [0, 0.1) is 0 Å². The Morgan fingerprint density at radius 1 is 0.142 bits per heavy atom. The number of hydrogen-bond donors (Lipinski definition) is 0. The molecule has 8 aliphatic rings. The van der Waals surface area contributed by atoms with Crippen LogP contribution in [0.4, 0.5) is 0 Å². The van der Waals surface area contributed by atoms with E-state index in [1.54, 1.807) is 11.1 Å². The van der Waals surface area contributed by atoms with Gasteiger partial charge in [0.2, 0.25) is 0 Å². The first kappa shape index (κ1) is 85.7. The summed E-state index contributed by atoms with van der Waals surface area (Å²) in [5.74, 6) is 0. The summed E-state index contributed by atoms with van der Waals surface area (Å²) in [5.41, 5.74) is 61.0. The minimum atomic E-state index is -0.135. The van der Waals surface area contributed by atoms with Crippen LogP contribution < -0.4 is 0 Å². The summed E-state index contributed by atoms with van der Waals surface area (Å²) in [6, 6.07) is 124. The van der Waals surface area contributed by atoms with Crippen molar-refractivity contribution in [2.45, 2.75) is 244 Å². The van der Waals surface area contributed by atoms with Gasteiger partial charge >= 0.3 is 0 Å². The van der Waals surface area contributed by atoms with Gasteiger partial charge in [0.25, 0.3) is 0 Å². The predicted octanol–water partition coefficient (Wildman–Crippen LogP) is 37.3. The summed E-state index contributed by atoms with van der Waals surface area (Å²) in [6.45, 7) is 38.3. The number of fused-ring (bicyclic) bond motifs is 24. The van der Waals surface area contributed by atoms with Crippen molar-refractivity contribution in [3.63, 3.8) is 0 Å². The molecule has 0 aliphatic heterocycles. The Balaban J connectivity index is 0.000000152. The molecule has 0 nitrogen and oxygen atoms in total. The first-order valence-corrected chi connectivity index (χ1v) is 51.0. The number of hydrogen-bond acceptors (Lipinski definition) is 0. The van der Waals surface area contributed by atoms with Crippen LogP contribution in [0.15, 0.2) is 315 Å². The van der Waals surface area contributed by atoms with Crippen LogP contribution in [0.25, 0.3) is 156 Å². The molecule has 0 unspecified atom stereocenters. The summed E-state index contributed by atoms with van der Waals surface area (Å²) in [6.07, 6.45) is 17.2. The Bertz CT molecular complexity index is 7530. The fourth-order valence-corrected chi connectivity index (χ4v) is 27.6. The van der Waals surface area contributed by atoms with Gasteiger partial charge in [-0.05, 0) is 356 Å². The van der Waals surface area contributed by atoms with E-state index in [2.05, 4.69) is 426 Å². The molecule has 0 heterocycles. The van der Waals surface area contributed by atoms with Crippen molar-refractivity contribution < 1.29 is 0 Å². The molecule has 0 heteroatoms. The summed E-state index contributed by atoms with van der Waals surface area (Å²) in [4.78, 5) is 0. The normalized spacial score (nSPS) is 16.4. The van der Waals surface area contributed by atoms with Crippen molar-refractivity contribution in [2.24, 2.45) is 0 Å². The van der Waals surface area contributed by atoms with Gasteiger partial charge in [-0.25, -0.2) is 0 Å². The van der Waals surface area contributed by atoms with E-state index < -0.39 is 0 Å². The monoisotopic (exact) mass is 1740 g/mol. The van der Waals surface area contributed by atoms with Crippen LogP contribution in [0.5, 0.6) is 0 Å². The highest BCUT2D eigenvalue weighted by Crippen LogP contribution is 2.63. The fraction of sp³-hybridized carbons (Fsp3) is 0.284. The van der Waals surface area contributed by atoms with Crippen molar-refractivity contribution in [1.82, 2.24) is 0 Å². The predicted molar refractivity (Wildman–Crippen MR) is 571 cm³/mol. The lowest BCUT2D eigenvalue weighted by molar-refractivity contribution is 0.401. The quantitative estimate of drug-likeness (QED) is 0.0667. The smallest absolute Gasteiger partial charge is 0.0215 e. The highest BCUT2D eigenvalue weighted by atomic mass is 14.5. The van der Waals surface area contributed by atoms with Gasteiger partial charge in [0.05, 0.1) is 0 Å². The molecule has 0 radical (unpaired) electrons. The molecule has 8 aliphatic carbocycles. The molecule has 0 saturated carbocycles. The first-order chi connectivity index (χ1) is 64.8. The second-order valence-electron chi connectivity index (χ2n) is 43.7. The first-order valence-electron chi connectivity index (χ1n) is 51.0. The van der Waals surface area contributed by atoms with Crippen LogP contribution in [-0.4, -0.2) is 0 Å². The third-order valence-corrected chi connectivity index (χ3v) is 35.4. The lowest BCUT2D eigenvalue weighted by Crippen LogP contribution is -2.25. The van der Waals surface area contributed by atoms with Gasteiger partial charge in [0, 0.05) is 43.3 Å². The zero-order valence-corrected chi connectivity index (χ0v) is 81.9. The minimum Gasteiger partial charge on any atom is -0.0654 e. The van der Waals surface area contributed by atoms with Crippen molar-refractivity contribution in [2.75, 3.05) is 0 Å². The maximum Gasteiger partial charge on any atom is 0.0215 e. The largest absolute Gasteiger partial charge is 0.0654 e. The van der Waals surface area contributed by atoms with E-state index in [0.717, 1.165) is 25.7 Å². The van der Waals surface area contributed by atoms with E-state index in [1.807, 2.05) is 0 Å². The van der Waals surface area contributed by atoms with Crippen molar-refractivity contribution >= 4 is 0 Å². The molecule has 0 bridgehead atoms. The molecule has 134 heavy (non-hydrogen) atoms. The van der Waals surface area contributed by atoms with E-state index in [1.165, 1.54) is 298 Å². The molecule has 24 rings (SSSR count). The summed E-state index contributed by atoms with van der Waals surface area (Å²) in [7, 11) is 0. The van der Waals surface area contributed by atoms with E-state index in [9.17, 15) is 0 Å². The van der Waals surface area contributed by atoms with Crippen LogP contribution >= 0.6 is 0 Å². The molecular formula is C134H128. The molecule has 16 aromatic rings. The van der Waals surface area contributed by atoms with E-state index in [-0.39, 0.29) is 43.3 Å². The van der Waals surface area contributed by atoms with E-state index >= 15 is 0 Å². The van der Waals surface area contributed by atoms with Crippen LogP contribution in [-0.2, 0) is 43.3 Å². The van der Waals surface area contributed by atoms with Crippen molar-refractivity contribution in [1.29, 1.82) is 0 Å². The zero-order chi connectivity index (χ0) is 92.1. The Morgan fingerprint density at radius 2 is 0.299 bits per heavy atom. The number of benzene rings is 16. The highest BCUT2D eigenvalue weighted by molar-refractivity contribution is 5.96. The minimum absolute atomic E-state index is 0.0198. The van der Waals surface area contributed by atoms with Gasteiger partial charge in [0.1, 0.15) is 0 Å². The van der Waals surface area contributed by atoms with Gasteiger partial charge in [-0.3, -0.25) is 0 Å². The Hall–Kier alpha value is -12.5. The fourth-order valence-electron chi connectivity index (χ4n) is 27.6. The lowest BCUT2D eigenvalue weighted by Gasteiger charge is -2.33. The molecule has 0 aromatic heterocycles. The Kier molecular flexibility index (Phi) is 20.2. The summed E-state index contributed by atoms with van der Waals surface area (Å²) >= 11 is 0. The SMILES string of the molecule is CCC1(CC)c2ccccc2-c2ccc(-c3ccc4c(c3)C(C)(C)c3cc(-c5ccc6c(c5)C(CC)(CC)c5cc(-c7ccc8c(c7)C(C)(C)c7ccccc7-8)ccc5-6)ccc3-4)cc21.CCCCCCC1(CCCCCC)c2ccccc2-c2ccc(-c3ccc4c(c3)C(C)(C)c3cc(-c5ccc6c(c5)C(C)(C)c5cc(-c7ccc8c(c7)C(C)(C)c7ccccc7-8)ccc5-6)ccc3-4)cc21. The molecule has 0 spiro atoms. The van der Waals surface area contributed by atoms with Gasteiger partial charge < -0.3 is 0 Å². The maximum atomic E-state index is 2.62. The standard InChI is InChI=1S/C70H70.C64H58/c1-9-11-13-19-37-70(38-20-14-12-10-2)60-24-18-16-22-52(60)58-36-30-50(44-66(58)70)49-29-35-57-56-34-28-48(42-64(56)69(7,8)65(57)43-49)47-27-33-55-54-32-26-46(40-62(54)68(5,6)63(55)41-47)45-25-31-53-51-21-15-17-23-59(51)67(3,4)61(53)39-45;1-9-63(10-2)54-20-16-14-18-46(54)50-30-24-42(36-58(50)63)40-22-28-48-49-29-23-41(35-57(49)62(7,8)56(48)34-40)44-26-32-52-51-31-25-43(37-59(51)64(11-3,12-4)60(52)38-44)39-21-27-47-45-17-13-15-19-53(45)61(5,6)55(47)33-39/h15-18,21-36,39-44H,9-14,19-20,37-38H2,1-8H3;13-38H,9-12H2,1-8H3. The van der Waals surface area contributed by atoms with Crippen molar-refractivity contribution in [3.8, 4) is 156 Å². The molecule has 16 aromatic carbocycles. The third kappa shape index (κ3) is 12.6. The van der Waals surface area contributed by atoms with Gasteiger partial charge in [0.15, 0.2) is 0 Å². The summed E-state index contributed by atoms with van der Waals surface area (Å²) < 4.78 is 0. The second-order valence-corrected chi connectivity index (χ2v) is 43.7. The lowest BCUT2D eigenvalue weighted by atomic mass is 9.70. The van der Waals surface area contributed by atoms with Crippen LogP contribution in [0.1, 0.15) is 290 Å². The highest BCUT2D eigenvalue weighted by Gasteiger charge is 2.48. The van der Waals surface area contributed by atoms with Gasteiger partial charge in [-0.1, -0.05) is 405 Å². The maximum absolute atomic E-state index is 2.62. The third-order valence-electron chi connectivity index (χ3n) is 35.4. The van der Waals surface area contributed by atoms with Gasteiger partial charge in [-0.2, -0.15) is 0 Å². The second kappa shape index (κ2) is 31.6. The molecule has 0 atom stereocenters. The average Bonchev–Trinajstić information content (AvgIpc) is 1.56. The number of rotatable bonds is 20. The number of unbranched alkanes of at least 4 members (excludes halogenated alkanes) is 6. The zero-order valence-electron chi connectivity index (χ0n) is 81.9. The van der Waals surface area contributed by atoms with Crippen molar-refractivity contribution in [3.05, 3.63) is 404 Å². The molecule has 0 N–H and O–H groups in total. The van der Waals surface area contributed by atoms with Crippen LogP contribution in [0.3, 0.4) is 0 Å². The van der Waals surface area contributed by atoms with Crippen LogP contribution in [0.2, 0.25) is 0 Å². The molecule has 0 fully saturated rings. The molecule has 0 saturated heterocycles. The van der Waals surface area contributed by atoms with Gasteiger partial charge in [-0.15, -0.1) is 0 Å². The van der Waals surface area contributed by atoms with E-state index in [0.29, 0.717) is 0 Å². The Labute approximate surface area is 798 Å². The summed E-state index contributed by atoms with van der Waals surface area (Å²) in [5, 5.41) is 0. The molecule has 0 amide bonds. The van der Waals surface area contributed by atoms with E-state index in [4.69, 9.17) is 0 Å². The Morgan fingerprint density at radius 3 is 0.515 bits per heavy atom.